The van der Waals surface area contributed by atoms with Crippen molar-refractivity contribution in [3.63, 3.8) is 0 Å². The smallest absolute Gasteiger partial charge is 0.296 e. The monoisotopic (exact) mass is 398 g/mol. The van der Waals surface area contributed by atoms with Crippen LogP contribution in [-0.4, -0.2) is 14.9 Å². The fraction of sp³-hybridized carbons (Fsp3) is 0.160. The van der Waals surface area contributed by atoms with Crippen molar-refractivity contribution in [3.05, 3.63) is 116 Å². The Labute approximate surface area is 173 Å². The molecular formula is C25H22N2O3. The fourth-order valence-electron chi connectivity index (χ4n) is 3.64. The second kappa shape index (κ2) is 8.33. The Morgan fingerprint density at radius 3 is 2.13 bits per heavy atom. The summed E-state index contributed by atoms with van der Waals surface area (Å²) in [7, 11) is 1.64. The molecule has 0 bridgehead atoms. The minimum atomic E-state index is -0.380. The SMILES string of the molecule is Cn1c(=O)n(Cc2ccccc2)c(=O)c2cc(C(=O)CCc3ccccc3)ccc21. The molecule has 0 spiro atoms. The highest BCUT2D eigenvalue weighted by atomic mass is 16.2. The molecule has 0 saturated carbocycles. The number of carbonyl (C=O) groups excluding carboxylic acids is 1. The van der Waals surface area contributed by atoms with E-state index in [1.807, 2.05) is 60.7 Å². The first kappa shape index (κ1) is 19.6. The van der Waals surface area contributed by atoms with Crippen molar-refractivity contribution in [2.45, 2.75) is 19.4 Å². The molecule has 0 amide bonds. The van der Waals surface area contributed by atoms with Gasteiger partial charge in [0.25, 0.3) is 5.56 Å². The van der Waals surface area contributed by atoms with Gasteiger partial charge < -0.3 is 0 Å². The van der Waals surface area contributed by atoms with E-state index in [-0.39, 0.29) is 23.6 Å². The maximum absolute atomic E-state index is 13.1. The number of benzene rings is 3. The molecule has 3 aromatic carbocycles. The van der Waals surface area contributed by atoms with Gasteiger partial charge in [0, 0.05) is 19.0 Å². The molecule has 0 unspecified atom stereocenters. The molecule has 4 rings (SSSR count). The summed E-state index contributed by atoms with van der Waals surface area (Å²) in [5.41, 5.74) is 2.22. The molecule has 0 aliphatic heterocycles. The number of aromatic nitrogens is 2. The van der Waals surface area contributed by atoms with E-state index in [1.54, 1.807) is 25.2 Å². The summed E-state index contributed by atoms with van der Waals surface area (Å²) < 4.78 is 2.67. The van der Waals surface area contributed by atoms with E-state index in [2.05, 4.69) is 0 Å². The summed E-state index contributed by atoms with van der Waals surface area (Å²) in [6.45, 7) is 0.189. The number of hydrogen-bond acceptors (Lipinski definition) is 3. The minimum absolute atomic E-state index is 0.0244. The van der Waals surface area contributed by atoms with Gasteiger partial charge in [-0.3, -0.25) is 18.7 Å². The Balaban J connectivity index is 1.70. The average Bonchev–Trinajstić information content (AvgIpc) is 2.80. The van der Waals surface area contributed by atoms with Crippen LogP contribution in [0.2, 0.25) is 0 Å². The first-order chi connectivity index (χ1) is 14.5. The Morgan fingerprint density at radius 2 is 1.47 bits per heavy atom. The molecule has 0 fully saturated rings. The van der Waals surface area contributed by atoms with E-state index in [9.17, 15) is 14.4 Å². The average molecular weight is 398 g/mol. The molecule has 0 aliphatic carbocycles. The van der Waals surface area contributed by atoms with Crippen molar-refractivity contribution >= 4 is 16.7 Å². The third-order valence-corrected chi connectivity index (χ3v) is 5.34. The predicted molar refractivity (Wildman–Crippen MR) is 118 cm³/mol. The number of aryl methyl sites for hydroxylation is 2. The Hall–Kier alpha value is -3.73. The number of fused-ring (bicyclic) bond motifs is 1. The summed E-state index contributed by atoms with van der Waals surface area (Å²) in [6, 6.07) is 24.2. The van der Waals surface area contributed by atoms with Crippen molar-refractivity contribution in [2.75, 3.05) is 0 Å². The van der Waals surface area contributed by atoms with Crippen molar-refractivity contribution in [1.82, 2.24) is 9.13 Å². The van der Waals surface area contributed by atoms with Crippen LogP contribution >= 0.6 is 0 Å². The summed E-state index contributed by atoms with van der Waals surface area (Å²) in [4.78, 5) is 38.6. The second-order valence-electron chi connectivity index (χ2n) is 7.36. The van der Waals surface area contributed by atoms with E-state index >= 15 is 0 Å². The standard InChI is InChI=1S/C25H22N2O3/c1-26-22-14-13-20(23(28)15-12-18-8-4-2-5-9-18)16-21(22)24(29)27(25(26)30)17-19-10-6-3-7-11-19/h2-11,13-14,16H,12,15,17H2,1H3. The van der Waals surface area contributed by atoms with Gasteiger partial charge in [-0.2, -0.15) is 0 Å². The van der Waals surface area contributed by atoms with Crippen LogP contribution in [0.4, 0.5) is 0 Å². The number of Topliss-reactive ketones (excluding diaryl/α,β-unsaturated/α-hetero) is 1. The quantitative estimate of drug-likeness (QED) is 0.467. The van der Waals surface area contributed by atoms with Crippen molar-refractivity contribution in [2.24, 2.45) is 7.05 Å². The first-order valence-corrected chi connectivity index (χ1v) is 9.89. The van der Waals surface area contributed by atoms with Gasteiger partial charge in [-0.25, -0.2) is 4.79 Å². The molecule has 0 aliphatic rings. The molecule has 150 valence electrons. The zero-order chi connectivity index (χ0) is 21.1. The number of carbonyl (C=O) groups is 1. The highest BCUT2D eigenvalue weighted by Gasteiger charge is 2.14. The number of ketones is 1. The highest BCUT2D eigenvalue weighted by Crippen LogP contribution is 2.14. The van der Waals surface area contributed by atoms with Gasteiger partial charge in [0.05, 0.1) is 17.4 Å². The Bertz CT molecular complexity index is 1320. The van der Waals surface area contributed by atoms with Gasteiger partial charge in [0.15, 0.2) is 5.78 Å². The van der Waals surface area contributed by atoms with Gasteiger partial charge >= 0.3 is 5.69 Å². The zero-order valence-electron chi connectivity index (χ0n) is 16.7. The fourth-order valence-corrected chi connectivity index (χ4v) is 3.64. The lowest BCUT2D eigenvalue weighted by Crippen LogP contribution is -2.39. The van der Waals surface area contributed by atoms with E-state index in [4.69, 9.17) is 0 Å². The summed E-state index contributed by atoms with van der Waals surface area (Å²) in [5, 5.41) is 0.374. The van der Waals surface area contributed by atoms with Crippen molar-refractivity contribution in [3.8, 4) is 0 Å². The van der Waals surface area contributed by atoms with Crippen LogP contribution in [-0.2, 0) is 20.0 Å². The number of rotatable bonds is 6. The molecule has 0 N–H and O–H groups in total. The van der Waals surface area contributed by atoms with Crippen molar-refractivity contribution < 1.29 is 4.79 Å². The van der Waals surface area contributed by atoms with E-state index < -0.39 is 0 Å². The lowest BCUT2D eigenvalue weighted by atomic mass is 10.0. The minimum Gasteiger partial charge on any atom is -0.296 e. The lowest BCUT2D eigenvalue weighted by molar-refractivity contribution is 0.0983. The molecule has 5 heteroatoms. The highest BCUT2D eigenvalue weighted by molar-refractivity contribution is 5.99. The van der Waals surface area contributed by atoms with Gasteiger partial charge in [-0.1, -0.05) is 60.7 Å². The van der Waals surface area contributed by atoms with Crippen LogP contribution in [0.1, 0.15) is 27.9 Å². The molecule has 5 nitrogen and oxygen atoms in total. The van der Waals surface area contributed by atoms with Crippen LogP contribution in [0.25, 0.3) is 10.9 Å². The third-order valence-electron chi connectivity index (χ3n) is 5.34. The van der Waals surface area contributed by atoms with Crippen molar-refractivity contribution in [1.29, 1.82) is 0 Å². The third kappa shape index (κ3) is 3.87. The molecule has 0 radical (unpaired) electrons. The second-order valence-corrected chi connectivity index (χ2v) is 7.36. The van der Waals surface area contributed by atoms with E-state index in [0.717, 1.165) is 11.1 Å². The number of hydrogen-bond donors (Lipinski definition) is 0. The van der Waals surface area contributed by atoms with Gasteiger partial charge in [-0.15, -0.1) is 0 Å². The van der Waals surface area contributed by atoms with Crippen LogP contribution in [0.3, 0.4) is 0 Å². The lowest BCUT2D eigenvalue weighted by Gasteiger charge is -2.12. The first-order valence-electron chi connectivity index (χ1n) is 9.89. The van der Waals surface area contributed by atoms with E-state index in [0.29, 0.717) is 29.3 Å². The number of nitrogens with zero attached hydrogens (tertiary/aromatic N) is 2. The van der Waals surface area contributed by atoms with Crippen LogP contribution in [0, 0.1) is 0 Å². The van der Waals surface area contributed by atoms with Gasteiger partial charge in [0.2, 0.25) is 0 Å². The van der Waals surface area contributed by atoms with Crippen LogP contribution in [0.15, 0.2) is 88.5 Å². The summed E-state index contributed by atoms with van der Waals surface area (Å²) in [5.74, 6) is -0.0244. The molecule has 30 heavy (non-hydrogen) atoms. The van der Waals surface area contributed by atoms with Gasteiger partial charge in [0.1, 0.15) is 0 Å². The molecule has 1 heterocycles. The maximum Gasteiger partial charge on any atom is 0.331 e. The zero-order valence-corrected chi connectivity index (χ0v) is 16.7. The maximum atomic E-state index is 13.1. The van der Waals surface area contributed by atoms with Crippen LogP contribution in [0.5, 0.6) is 0 Å². The molecule has 0 saturated heterocycles. The predicted octanol–water partition coefficient (Wildman–Crippen LogP) is 3.56. The molecule has 0 atom stereocenters. The van der Waals surface area contributed by atoms with Crippen LogP contribution < -0.4 is 11.2 Å². The Morgan fingerprint density at radius 1 is 0.833 bits per heavy atom. The molecule has 4 aromatic rings. The normalized spacial score (nSPS) is 11.0. The van der Waals surface area contributed by atoms with E-state index in [1.165, 1.54) is 9.13 Å². The topological polar surface area (TPSA) is 61.1 Å². The van der Waals surface area contributed by atoms with Gasteiger partial charge in [-0.05, 0) is 35.7 Å². The largest absolute Gasteiger partial charge is 0.331 e. The Kier molecular flexibility index (Phi) is 5.44. The molecular weight excluding hydrogens is 376 g/mol. The summed E-state index contributed by atoms with van der Waals surface area (Å²) >= 11 is 0. The molecule has 1 aromatic heterocycles. The summed E-state index contributed by atoms with van der Waals surface area (Å²) in [6.07, 6.45) is 1.00.